The quantitative estimate of drug-likeness (QED) is 0.242. The predicted molar refractivity (Wildman–Crippen MR) is 188 cm³/mol. The van der Waals surface area contributed by atoms with Crippen molar-refractivity contribution in [1.82, 2.24) is 36.4 Å². The first-order valence-corrected chi connectivity index (χ1v) is 17.1. The number of hydrogen-bond acceptors (Lipinski definition) is 7. The molecule has 5 amide bonds. The van der Waals surface area contributed by atoms with E-state index in [9.17, 15) is 24.0 Å². The molecule has 50 heavy (non-hydrogen) atoms. The van der Waals surface area contributed by atoms with Crippen molar-refractivity contribution in [1.29, 1.82) is 0 Å². The van der Waals surface area contributed by atoms with Crippen molar-refractivity contribution in [2.45, 2.75) is 85.0 Å². The number of ether oxygens (including phenoxy) is 1. The van der Waals surface area contributed by atoms with Crippen LogP contribution >= 0.6 is 0 Å². The first kappa shape index (κ1) is 37.6. The van der Waals surface area contributed by atoms with Crippen LogP contribution < -0.4 is 31.3 Å². The molecular weight excluding hydrogens is 638 g/mol. The minimum Gasteiger partial charge on any atom is -0.493 e. The maximum absolute atomic E-state index is 13.7. The third-order valence-electron chi connectivity index (χ3n) is 8.66. The van der Waals surface area contributed by atoms with Gasteiger partial charge >= 0.3 is 0 Å². The van der Waals surface area contributed by atoms with Gasteiger partial charge in [0.2, 0.25) is 23.6 Å². The molecule has 0 spiro atoms. The summed E-state index contributed by atoms with van der Waals surface area (Å²) >= 11 is 0. The second kappa shape index (κ2) is 18.0. The van der Waals surface area contributed by atoms with E-state index < -0.39 is 48.2 Å². The number of carbonyl (C=O) groups is 5. The van der Waals surface area contributed by atoms with E-state index >= 15 is 0 Å². The van der Waals surface area contributed by atoms with E-state index in [1.807, 2.05) is 65.0 Å². The fourth-order valence-corrected chi connectivity index (χ4v) is 5.70. The molecule has 0 saturated heterocycles. The summed E-state index contributed by atoms with van der Waals surface area (Å²) in [7, 11) is 0. The van der Waals surface area contributed by atoms with Crippen LogP contribution in [0.3, 0.4) is 0 Å². The fraction of sp³-hybridized carbons (Fsp3) is 0.459. The van der Waals surface area contributed by atoms with Gasteiger partial charge < -0.3 is 31.3 Å². The van der Waals surface area contributed by atoms with Crippen molar-refractivity contribution >= 4 is 29.5 Å². The summed E-state index contributed by atoms with van der Waals surface area (Å²) in [4.78, 5) is 67.7. The number of carbonyl (C=O) groups excluding carboxylic acids is 5. The minimum absolute atomic E-state index is 0.0126. The van der Waals surface area contributed by atoms with Crippen LogP contribution in [-0.2, 0) is 32.1 Å². The average molecular weight is 688 g/mol. The Morgan fingerprint density at radius 2 is 1.66 bits per heavy atom. The van der Waals surface area contributed by atoms with Crippen LogP contribution in [-0.4, -0.2) is 77.1 Å². The molecule has 0 fully saturated rings. The standard InChI is InChI=1S/C37H49N7O6/c1-23(2)20-29-37(49)42-30(21-27-12-7-6-8-13-27)35(47)38-16-11-19-50-32-15-10-9-14-28(32)34(46)41-31(22-33(45)40-29)36(48)39-17-18-44-26(5)24(3)25(4)43-44/h6-10,12-15,23,29-31H,11,16-22H2,1-5H3,(H,38,47)(H,39,48)(H,40,45)(H,41,46)(H,42,49)/t29-,30-,31-/m0/s1. The lowest BCUT2D eigenvalue weighted by Gasteiger charge is -2.25. The third kappa shape index (κ3) is 10.6. The first-order chi connectivity index (χ1) is 23.9. The molecule has 13 nitrogen and oxygen atoms in total. The molecule has 0 radical (unpaired) electrons. The number of para-hydroxylation sites is 1. The Hall–Kier alpha value is -5.20. The van der Waals surface area contributed by atoms with Crippen LogP contribution in [0.1, 0.15) is 66.0 Å². The highest BCUT2D eigenvalue weighted by atomic mass is 16.5. The molecular formula is C37H49N7O6. The highest BCUT2D eigenvalue weighted by Crippen LogP contribution is 2.19. The summed E-state index contributed by atoms with van der Waals surface area (Å²) in [5.74, 6) is -2.36. The van der Waals surface area contributed by atoms with Gasteiger partial charge in [-0.25, -0.2) is 0 Å². The number of nitrogens with one attached hydrogen (secondary N) is 5. The number of aromatic nitrogens is 2. The molecule has 268 valence electrons. The normalized spacial score (nSPS) is 19.5. The molecule has 3 aromatic rings. The topological polar surface area (TPSA) is 173 Å². The van der Waals surface area contributed by atoms with Crippen LogP contribution in [0.4, 0.5) is 0 Å². The molecule has 2 heterocycles. The molecule has 13 heteroatoms. The smallest absolute Gasteiger partial charge is 0.255 e. The van der Waals surface area contributed by atoms with Crippen LogP contribution in [0.25, 0.3) is 0 Å². The van der Waals surface area contributed by atoms with Crippen LogP contribution in [0.2, 0.25) is 0 Å². The molecule has 1 aliphatic heterocycles. The highest BCUT2D eigenvalue weighted by molar-refractivity contribution is 6.01. The summed E-state index contributed by atoms with van der Waals surface area (Å²) in [5, 5.41) is 18.5. The monoisotopic (exact) mass is 687 g/mol. The van der Waals surface area contributed by atoms with Crippen molar-refractivity contribution in [3.8, 4) is 5.75 Å². The Bertz CT molecular complexity index is 1650. The number of nitrogens with zero attached hydrogens (tertiary/aromatic N) is 2. The number of fused-ring (bicyclic) bond motifs is 1. The molecule has 0 aliphatic carbocycles. The van der Waals surface area contributed by atoms with Crippen molar-refractivity contribution in [2.75, 3.05) is 19.7 Å². The van der Waals surface area contributed by atoms with E-state index in [2.05, 4.69) is 31.7 Å². The molecule has 0 unspecified atom stereocenters. The van der Waals surface area contributed by atoms with Crippen LogP contribution in [0.15, 0.2) is 54.6 Å². The largest absolute Gasteiger partial charge is 0.493 e. The number of amides is 5. The van der Waals surface area contributed by atoms with Crippen LogP contribution in [0.5, 0.6) is 5.75 Å². The van der Waals surface area contributed by atoms with E-state index in [0.29, 0.717) is 18.7 Å². The summed E-state index contributed by atoms with van der Waals surface area (Å²) in [6.07, 6.45) is 0.526. The second-order valence-electron chi connectivity index (χ2n) is 13.0. The van der Waals surface area contributed by atoms with E-state index in [4.69, 9.17) is 4.74 Å². The van der Waals surface area contributed by atoms with Gasteiger partial charge in [-0.05, 0) is 62.8 Å². The predicted octanol–water partition coefficient (Wildman–Crippen LogP) is 2.27. The van der Waals surface area contributed by atoms with Crippen molar-refractivity contribution in [3.05, 3.63) is 82.7 Å². The van der Waals surface area contributed by atoms with Crippen molar-refractivity contribution in [2.24, 2.45) is 5.92 Å². The summed E-state index contributed by atoms with van der Waals surface area (Å²) in [6.45, 7) is 10.7. The minimum atomic E-state index is -1.27. The van der Waals surface area contributed by atoms with Crippen molar-refractivity contribution < 1.29 is 28.7 Å². The van der Waals surface area contributed by atoms with Crippen molar-refractivity contribution in [3.63, 3.8) is 0 Å². The van der Waals surface area contributed by atoms with Gasteiger partial charge in [0, 0.05) is 25.2 Å². The number of aryl methyl sites for hydroxylation is 1. The Morgan fingerprint density at radius 1 is 0.940 bits per heavy atom. The number of benzene rings is 2. The van der Waals surface area contributed by atoms with Gasteiger partial charge in [0.05, 0.1) is 30.8 Å². The van der Waals surface area contributed by atoms with E-state index in [1.165, 1.54) is 0 Å². The van der Waals surface area contributed by atoms with Crippen LogP contribution in [0, 0.1) is 26.7 Å². The first-order valence-electron chi connectivity index (χ1n) is 17.1. The lowest BCUT2D eigenvalue weighted by molar-refractivity contribution is -0.133. The fourth-order valence-electron chi connectivity index (χ4n) is 5.70. The maximum atomic E-state index is 13.7. The summed E-state index contributed by atoms with van der Waals surface area (Å²) < 4.78 is 7.71. The summed E-state index contributed by atoms with van der Waals surface area (Å²) in [5.41, 5.74) is 3.99. The molecule has 0 bridgehead atoms. The van der Waals surface area contributed by atoms with Gasteiger partial charge in [-0.2, -0.15) is 5.10 Å². The SMILES string of the molecule is Cc1nn(CCNC(=O)[C@@H]2CC(=O)N[C@@H](CC(C)C)C(=O)N[C@@H](Cc3ccccc3)C(=O)NCCCOc3ccccc3C(=O)N2)c(C)c1C. The second-order valence-corrected chi connectivity index (χ2v) is 13.0. The van der Waals surface area contributed by atoms with E-state index in [1.54, 1.807) is 28.9 Å². The van der Waals surface area contributed by atoms with E-state index in [0.717, 1.165) is 22.5 Å². The molecule has 1 aliphatic rings. The molecule has 2 aromatic carbocycles. The third-order valence-corrected chi connectivity index (χ3v) is 8.66. The molecule has 5 N–H and O–H groups in total. The number of hydrogen-bond donors (Lipinski definition) is 5. The van der Waals surface area contributed by atoms with Gasteiger partial charge in [-0.15, -0.1) is 0 Å². The maximum Gasteiger partial charge on any atom is 0.255 e. The zero-order chi connectivity index (χ0) is 36.2. The lowest BCUT2D eigenvalue weighted by Crippen LogP contribution is -2.56. The number of rotatable bonds is 8. The molecule has 4 rings (SSSR count). The molecule has 0 saturated carbocycles. The zero-order valence-electron chi connectivity index (χ0n) is 29.5. The zero-order valence-corrected chi connectivity index (χ0v) is 29.5. The summed E-state index contributed by atoms with van der Waals surface area (Å²) in [6, 6.07) is 12.8. The van der Waals surface area contributed by atoms with Gasteiger partial charge in [-0.1, -0.05) is 56.3 Å². The Labute approximate surface area is 293 Å². The Morgan fingerprint density at radius 3 is 2.36 bits per heavy atom. The Kier molecular flexibility index (Phi) is 13.5. The highest BCUT2D eigenvalue weighted by Gasteiger charge is 2.31. The Balaban J connectivity index is 1.59. The van der Waals surface area contributed by atoms with Gasteiger partial charge in [0.1, 0.15) is 23.9 Å². The average Bonchev–Trinajstić information content (AvgIpc) is 3.33. The van der Waals surface area contributed by atoms with Gasteiger partial charge in [0.15, 0.2) is 0 Å². The molecule has 3 atom stereocenters. The van der Waals surface area contributed by atoms with E-state index in [-0.39, 0.29) is 49.9 Å². The lowest BCUT2D eigenvalue weighted by atomic mass is 10.0. The van der Waals surface area contributed by atoms with Gasteiger partial charge in [-0.3, -0.25) is 28.7 Å². The van der Waals surface area contributed by atoms with Gasteiger partial charge in [0.25, 0.3) is 5.91 Å². The molecule has 1 aromatic heterocycles.